The Hall–Kier alpha value is -5.25. The Morgan fingerprint density at radius 1 is 0.435 bits per heavy atom. The molecular formula is C34H36B2N6O4. The molecule has 1 aliphatic rings. The fourth-order valence-electron chi connectivity index (χ4n) is 4.43. The van der Waals surface area contributed by atoms with Gasteiger partial charge in [-0.2, -0.15) is 0 Å². The number of hydrogen-bond acceptors (Lipinski definition) is 10. The quantitative estimate of drug-likeness (QED) is 0.295. The van der Waals surface area contributed by atoms with Gasteiger partial charge in [-0.25, -0.2) is 0 Å². The number of pyridine rings is 2. The molecule has 232 valence electrons. The Morgan fingerprint density at radius 3 is 0.978 bits per heavy atom. The molecule has 0 saturated heterocycles. The van der Waals surface area contributed by atoms with Gasteiger partial charge in [-0.3, -0.25) is 9.97 Å². The molecule has 0 unspecified atom stereocenters. The molecule has 2 aromatic carbocycles. The predicted molar refractivity (Wildman–Crippen MR) is 184 cm³/mol. The number of hydrogen-bond donors (Lipinski definition) is 0. The Balaban J connectivity index is 1.56. The fourth-order valence-corrected chi connectivity index (χ4v) is 4.43. The van der Waals surface area contributed by atoms with Crippen molar-refractivity contribution < 1.29 is 19.0 Å². The normalized spacial score (nSPS) is 16.9. The molecule has 0 radical (unpaired) electrons. The summed E-state index contributed by atoms with van der Waals surface area (Å²) in [6.45, 7) is 12.8. The Morgan fingerprint density at radius 2 is 0.717 bits per heavy atom. The van der Waals surface area contributed by atoms with Gasteiger partial charge in [0, 0.05) is 35.7 Å². The molecular weight excluding hydrogens is 578 g/mol. The van der Waals surface area contributed by atoms with Crippen LogP contribution in [-0.2, 0) is 29.9 Å². The standard InChI is InChI=1S/C34H36B2N6O4/c1-33(2,3)29-17-25-15-26(18-29)22-40-44-36(32-9-13-38-14-10-32)46-42-24-28-16-27(19-30(20-28)34(4,5)6)23-41-45-35(43-39-21-25)31-7-11-37-12-8-31/h7-24H,1-6H3/b39-21-,40-22+,41-23+,42-24+. The van der Waals surface area contributed by atoms with Crippen LogP contribution < -0.4 is 10.9 Å². The third-order valence-corrected chi connectivity index (χ3v) is 7.08. The summed E-state index contributed by atoms with van der Waals surface area (Å²) in [5.41, 5.74) is 6.50. The SMILES string of the molecule is CC(C)(C)c1cc2cc(c1)/C=N/OB(c1ccncc1)O/N=C/c1cc(cc(C(C)(C)C)c1)/C=N/OB(c1ccncc1)O/N=C\2. The smallest absolute Gasteiger partial charge is 0.414 e. The lowest BCUT2D eigenvalue weighted by atomic mass is 9.80. The molecule has 10 nitrogen and oxygen atoms in total. The van der Waals surface area contributed by atoms with E-state index in [0.29, 0.717) is 10.9 Å². The molecule has 4 bridgehead atoms. The van der Waals surface area contributed by atoms with Gasteiger partial charge in [0.25, 0.3) is 0 Å². The highest BCUT2D eigenvalue weighted by Gasteiger charge is 2.27. The third-order valence-electron chi connectivity index (χ3n) is 7.08. The second kappa shape index (κ2) is 14.2. The van der Waals surface area contributed by atoms with Crippen molar-refractivity contribution in [3.8, 4) is 0 Å². The van der Waals surface area contributed by atoms with Crippen LogP contribution in [0.15, 0.2) is 106 Å². The largest absolute Gasteiger partial charge is 0.675 e. The van der Waals surface area contributed by atoms with E-state index in [1.54, 1.807) is 73.9 Å². The molecule has 0 aliphatic carbocycles. The highest BCUT2D eigenvalue weighted by molar-refractivity contribution is 6.61. The molecule has 5 rings (SSSR count). The predicted octanol–water partition coefficient (Wildman–Crippen LogP) is 4.98. The first-order valence-corrected chi connectivity index (χ1v) is 14.9. The minimum atomic E-state index is -0.910. The summed E-state index contributed by atoms with van der Waals surface area (Å²) in [7, 11) is -1.82. The number of oxime groups is 4. The maximum atomic E-state index is 5.83. The average molecular weight is 614 g/mol. The molecule has 46 heavy (non-hydrogen) atoms. The van der Waals surface area contributed by atoms with Crippen LogP contribution in [-0.4, -0.2) is 49.1 Å². The minimum Gasteiger partial charge on any atom is -0.414 e. The van der Waals surface area contributed by atoms with Crippen LogP contribution in [0.1, 0.15) is 74.9 Å². The van der Waals surface area contributed by atoms with Crippen LogP contribution >= 0.6 is 0 Å². The van der Waals surface area contributed by atoms with Gasteiger partial charge in [0.05, 0.1) is 24.9 Å². The number of rotatable bonds is 2. The van der Waals surface area contributed by atoms with Gasteiger partial charge < -0.3 is 19.0 Å². The summed E-state index contributed by atoms with van der Waals surface area (Å²) < 4.78 is 23.3. The highest BCUT2D eigenvalue weighted by Crippen LogP contribution is 2.25. The zero-order valence-electron chi connectivity index (χ0n) is 26.9. The second-order valence-electron chi connectivity index (χ2n) is 12.9. The number of fused-ring (bicyclic) bond motifs is 4. The van der Waals surface area contributed by atoms with Crippen LogP contribution in [0.4, 0.5) is 0 Å². The second-order valence-corrected chi connectivity index (χ2v) is 12.9. The van der Waals surface area contributed by atoms with Crippen LogP contribution in [0.5, 0.6) is 0 Å². The van der Waals surface area contributed by atoms with Gasteiger partial charge in [-0.15, -0.1) is 20.6 Å². The van der Waals surface area contributed by atoms with E-state index < -0.39 is 14.2 Å². The minimum absolute atomic E-state index is 0.139. The van der Waals surface area contributed by atoms with Crippen molar-refractivity contribution >= 4 is 50.0 Å². The topological polar surface area (TPSA) is 112 Å². The molecule has 0 N–H and O–H groups in total. The first-order valence-electron chi connectivity index (χ1n) is 14.9. The lowest BCUT2D eigenvalue weighted by molar-refractivity contribution is 0.225. The first kappa shape index (κ1) is 32.2. The number of benzene rings is 2. The average Bonchev–Trinajstić information content (AvgIpc) is 3.03. The van der Waals surface area contributed by atoms with Crippen molar-refractivity contribution in [2.24, 2.45) is 20.6 Å². The van der Waals surface area contributed by atoms with E-state index in [-0.39, 0.29) is 10.8 Å². The maximum Gasteiger partial charge on any atom is 0.675 e. The fraction of sp³-hybridized carbons (Fsp3) is 0.235. The van der Waals surface area contributed by atoms with Gasteiger partial charge >= 0.3 is 14.2 Å². The Bertz CT molecular complexity index is 1540. The lowest BCUT2D eigenvalue weighted by Crippen LogP contribution is -2.34. The monoisotopic (exact) mass is 614 g/mol. The van der Waals surface area contributed by atoms with Crippen molar-refractivity contribution in [2.45, 2.75) is 52.4 Å². The number of aromatic nitrogens is 2. The number of nitrogens with zero attached hydrogens (tertiary/aromatic N) is 6. The molecule has 0 fully saturated rings. The molecule has 12 heteroatoms. The van der Waals surface area contributed by atoms with Crippen molar-refractivity contribution in [1.82, 2.24) is 9.97 Å². The summed E-state index contributed by atoms with van der Waals surface area (Å²) in [5.74, 6) is 0. The third kappa shape index (κ3) is 8.90. The van der Waals surface area contributed by atoms with Crippen LogP contribution in [0.2, 0.25) is 0 Å². The highest BCUT2D eigenvalue weighted by atomic mass is 16.7. The van der Waals surface area contributed by atoms with E-state index in [1.165, 1.54) is 0 Å². The maximum absolute atomic E-state index is 5.83. The first-order chi connectivity index (χ1) is 22.0. The summed E-state index contributed by atoms with van der Waals surface area (Å²) in [6, 6.07) is 19.2. The van der Waals surface area contributed by atoms with E-state index in [2.05, 4.69) is 96.4 Å². The molecule has 0 spiro atoms. The van der Waals surface area contributed by atoms with E-state index in [9.17, 15) is 0 Å². The molecule has 4 aromatic rings. The summed E-state index contributed by atoms with van der Waals surface area (Å²) in [4.78, 5) is 8.20. The van der Waals surface area contributed by atoms with Crippen LogP contribution in [0.3, 0.4) is 0 Å². The van der Waals surface area contributed by atoms with Crippen molar-refractivity contribution in [3.05, 3.63) is 119 Å². The molecule has 2 aromatic heterocycles. The Labute approximate surface area is 270 Å². The molecule has 3 heterocycles. The van der Waals surface area contributed by atoms with E-state index in [4.69, 9.17) is 19.0 Å². The van der Waals surface area contributed by atoms with Gasteiger partial charge in [-0.1, -0.05) is 41.5 Å². The summed E-state index contributed by atoms with van der Waals surface area (Å²) in [5, 5.41) is 17.1. The zero-order chi connectivity index (χ0) is 32.6. The molecule has 0 amide bonds. The molecule has 0 atom stereocenters. The zero-order valence-corrected chi connectivity index (χ0v) is 26.9. The van der Waals surface area contributed by atoms with Gasteiger partial charge in [0.2, 0.25) is 0 Å². The lowest BCUT2D eigenvalue weighted by Gasteiger charge is -2.20. The van der Waals surface area contributed by atoms with E-state index in [0.717, 1.165) is 33.4 Å². The molecule has 0 saturated carbocycles. The van der Waals surface area contributed by atoms with E-state index >= 15 is 0 Å². The van der Waals surface area contributed by atoms with E-state index in [1.807, 2.05) is 12.1 Å². The Kier molecular flexibility index (Phi) is 9.95. The van der Waals surface area contributed by atoms with Gasteiger partial charge in [0.1, 0.15) is 0 Å². The van der Waals surface area contributed by atoms with Crippen LogP contribution in [0.25, 0.3) is 0 Å². The van der Waals surface area contributed by atoms with Crippen molar-refractivity contribution in [3.63, 3.8) is 0 Å². The van der Waals surface area contributed by atoms with Crippen molar-refractivity contribution in [1.29, 1.82) is 0 Å². The summed E-state index contributed by atoms with van der Waals surface area (Å²) >= 11 is 0. The summed E-state index contributed by atoms with van der Waals surface area (Å²) in [6.07, 6.45) is 13.2. The van der Waals surface area contributed by atoms with Gasteiger partial charge in [0.15, 0.2) is 0 Å². The van der Waals surface area contributed by atoms with Crippen molar-refractivity contribution in [2.75, 3.05) is 0 Å². The van der Waals surface area contributed by atoms with Crippen LogP contribution in [0, 0.1) is 0 Å². The van der Waals surface area contributed by atoms with Gasteiger partial charge in [-0.05, 0) is 105 Å². The molecule has 1 aliphatic heterocycles.